The lowest BCUT2D eigenvalue weighted by Crippen LogP contribution is -2.36. The van der Waals surface area contributed by atoms with Crippen molar-refractivity contribution in [1.82, 2.24) is 4.90 Å². The number of nitriles is 1. The fourth-order valence-corrected chi connectivity index (χ4v) is 2.94. The van der Waals surface area contributed by atoms with Gasteiger partial charge in [-0.25, -0.2) is 0 Å². The predicted molar refractivity (Wildman–Crippen MR) is 78.9 cm³/mol. The molecule has 2 rings (SSSR count). The maximum atomic E-state index is 9.47. The zero-order valence-corrected chi connectivity index (χ0v) is 11.9. The van der Waals surface area contributed by atoms with Crippen molar-refractivity contribution in [3.63, 3.8) is 0 Å². The van der Waals surface area contributed by atoms with Crippen LogP contribution in [0.4, 0.5) is 0 Å². The molecule has 2 atom stereocenters. The van der Waals surface area contributed by atoms with E-state index in [-0.39, 0.29) is 6.04 Å². The first-order valence-corrected chi connectivity index (χ1v) is 7.50. The number of nitrogens with zero attached hydrogens (tertiary/aromatic N) is 2. The fraction of sp³-hybridized carbons (Fsp3) is 0.588. The van der Waals surface area contributed by atoms with Gasteiger partial charge in [0.1, 0.15) is 0 Å². The van der Waals surface area contributed by atoms with Gasteiger partial charge in [0.25, 0.3) is 0 Å². The van der Waals surface area contributed by atoms with E-state index in [0.717, 1.165) is 19.5 Å². The van der Waals surface area contributed by atoms with E-state index in [1.807, 2.05) is 6.07 Å². The third-order valence-corrected chi connectivity index (χ3v) is 4.18. The summed E-state index contributed by atoms with van der Waals surface area (Å²) in [6.07, 6.45) is 6.09. The van der Waals surface area contributed by atoms with Crippen LogP contribution in [0.25, 0.3) is 0 Å². The molecule has 0 N–H and O–H groups in total. The van der Waals surface area contributed by atoms with Gasteiger partial charge >= 0.3 is 0 Å². The van der Waals surface area contributed by atoms with Gasteiger partial charge in [0.2, 0.25) is 0 Å². The molecule has 0 spiro atoms. The van der Waals surface area contributed by atoms with Gasteiger partial charge in [0.05, 0.1) is 12.1 Å². The summed E-state index contributed by atoms with van der Waals surface area (Å²) in [7, 11) is 0. The molecular formula is C17H24N2. The number of hydrogen-bond acceptors (Lipinski definition) is 2. The molecule has 1 heterocycles. The van der Waals surface area contributed by atoms with Gasteiger partial charge in [-0.2, -0.15) is 5.26 Å². The summed E-state index contributed by atoms with van der Waals surface area (Å²) in [6.45, 7) is 4.43. The smallest absolute Gasteiger partial charge is 0.0983 e. The first-order valence-electron chi connectivity index (χ1n) is 7.50. The quantitative estimate of drug-likeness (QED) is 0.815. The molecule has 1 aromatic rings. The second-order valence-electron chi connectivity index (χ2n) is 5.64. The van der Waals surface area contributed by atoms with Crippen LogP contribution in [-0.4, -0.2) is 24.0 Å². The number of hydrogen-bond donors (Lipinski definition) is 0. The Morgan fingerprint density at radius 1 is 1.11 bits per heavy atom. The SMILES string of the molecule is CC(CC(C#N)N1CCCCCC1)c1ccccc1. The Morgan fingerprint density at radius 2 is 1.74 bits per heavy atom. The van der Waals surface area contributed by atoms with Crippen LogP contribution in [0.2, 0.25) is 0 Å². The van der Waals surface area contributed by atoms with Crippen molar-refractivity contribution in [2.45, 2.75) is 51.0 Å². The zero-order chi connectivity index (χ0) is 13.5. The highest BCUT2D eigenvalue weighted by Gasteiger charge is 2.21. The number of benzene rings is 1. The minimum Gasteiger partial charge on any atom is -0.288 e. The van der Waals surface area contributed by atoms with Crippen LogP contribution in [0.3, 0.4) is 0 Å². The maximum absolute atomic E-state index is 9.47. The lowest BCUT2D eigenvalue weighted by molar-refractivity contribution is 0.227. The van der Waals surface area contributed by atoms with Crippen molar-refractivity contribution in [1.29, 1.82) is 5.26 Å². The summed E-state index contributed by atoms with van der Waals surface area (Å²) in [5.41, 5.74) is 1.34. The van der Waals surface area contributed by atoms with E-state index in [1.54, 1.807) is 0 Å². The molecular weight excluding hydrogens is 232 g/mol. The fourth-order valence-electron chi connectivity index (χ4n) is 2.94. The largest absolute Gasteiger partial charge is 0.288 e. The molecule has 102 valence electrons. The molecule has 0 amide bonds. The second-order valence-corrected chi connectivity index (χ2v) is 5.64. The average Bonchev–Trinajstić information content (AvgIpc) is 2.74. The van der Waals surface area contributed by atoms with Crippen LogP contribution in [-0.2, 0) is 0 Å². The van der Waals surface area contributed by atoms with Crippen LogP contribution in [0.1, 0.15) is 50.5 Å². The maximum Gasteiger partial charge on any atom is 0.0983 e. The number of likely N-dealkylation sites (tertiary alicyclic amines) is 1. The molecule has 1 saturated heterocycles. The molecule has 0 radical (unpaired) electrons. The normalized spacial score (nSPS) is 20.2. The van der Waals surface area contributed by atoms with E-state index in [9.17, 15) is 5.26 Å². The summed E-state index contributed by atoms with van der Waals surface area (Å²) in [6, 6.07) is 13.2. The molecule has 1 aromatic carbocycles. The molecule has 2 heteroatoms. The van der Waals surface area contributed by atoms with Crippen molar-refractivity contribution in [2.75, 3.05) is 13.1 Å². The third kappa shape index (κ3) is 4.08. The summed E-state index contributed by atoms with van der Waals surface area (Å²) in [5.74, 6) is 0.453. The molecule has 1 aliphatic rings. The van der Waals surface area contributed by atoms with Crippen molar-refractivity contribution in [3.8, 4) is 6.07 Å². The molecule has 2 unspecified atom stereocenters. The van der Waals surface area contributed by atoms with Gasteiger partial charge in [0, 0.05) is 0 Å². The Morgan fingerprint density at radius 3 is 2.32 bits per heavy atom. The predicted octanol–water partition coefficient (Wildman–Crippen LogP) is 3.95. The monoisotopic (exact) mass is 256 g/mol. The molecule has 0 bridgehead atoms. The summed E-state index contributed by atoms with van der Waals surface area (Å²) >= 11 is 0. The topological polar surface area (TPSA) is 27.0 Å². The minimum atomic E-state index is 0.0771. The first kappa shape index (κ1) is 14.1. The highest BCUT2D eigenvalue weighted by Crippen LogP contribution is 2.24. The molecule has 0 saturated carbocycles. The first-order chi connectivity index (χ1) is 9.31. The molecule has 0 aromatic heterocycles. The molecule has 19 heavy (non-hydrogen) atoms. The highest BCUT2D eigenvalue weighted by atomic mass is 15.1. The van der Waals surface area contributed by atoms with E-state index >= 15 is 0 Å². The Bertz CT molecular complexity index is 399. The van der Waals surface area contributed by atoms with E-state index < -0.39 is 0 Å². The highest BCUT2D eigenvalue weighted by molar-refractivity contribution is 5.19. The van der Waals surface area contributed by atoms with Crippen LogP contribution in [0.15, 0.2) is 30.3 Å². The molecule has 1 aliphatic heterocycles. The number of rotatable bonds is 4. The van der Waals surface area contributed by atoms with Crippen molar-refractivity contribution in [3.05, 3.63) is 35.9 Å². The Hall–Kier alpha value is -1.33. The van der Waals surface area contributed by atoms with Crippen LogP contribution >= 0.6 is 0 Å². The van der Waals surface area contributed by atoms with Gasteiger partial charge in [-0.05, 0) is 43.8 Å². The van der Waals surface area contributed by atoms with Crippen LogP contribution in [0.5, 0.6) is 0 Å². The zero-order valence-electron chi connectivity index (χ0n) is 11.9. The van der Waals surface area contributed by atoms with E-state index in [0.29, 0.717) is 5.92 Å². The van der Waals surface area contributed by atoms with Gasteiger partial charge < -0.3 is 0 Å². The van der Waals surface area contributed by atoms with Crippen molar-refractivity contribution in [2.24, 2.45) is 0 Å². The van der Waals surface area contributed by atoms with E-state index in [2.05, 4.69) is 42.2 Å². The standard InChI is InChI=1S/C17H24N2/c1-15(16-9-5-4-6-10-16)13-17(14-18)19-11-7-2-3-8-12-19/h4-6,9-10,15,17H,2-3,7-8,11-13H2,1H3. The lowest BCUT2D eigenvalue weighted by Gasteiger charge is -2.27. The van der Waals surface area contributed by atoms with E-state index in [4.69, 9.17) is 0 Å². The molecule has 0 aliphatic carbocycles. The third-order valence-electron chi connectivity index (χ3n) is 4.18. The van der Waals surface area contributed by atoms with Crippen molar-refractivity contribution < 1.29 is 0 Å². The molecule has 1 fully saturated rings. The minimum absolute atomic E-state index is 0.0771. The summed E-state index contributed by atoms with van der Waals surface area (Å²) in [4.78, 5) is 2.40. The van der Waals surface area contributed by atoms with Crippen molar-refractivity contribution >= 4 is 0 Å². The van der Waals surface area contributed by atoms with E-state index in [1.165, 1.54) is 31.2 Å². The van der Waals surface area contributed by atoms with Gasteiger partial charge in [-0.15, -0.1) is 0 Å². The lowest BCUT2D eigenvalue weighted by atomic mass is 9.93. The van der Waals surface area contributed by atoms with Gasteiger partial charge in [-0.1, -0.05) is 50.1 Å². The molecule has 2 nitrogen and oxygen atoms in total. The van der Waals surface area contributed by atoms with Gasteiger partial charge in [-0.3, -0.25) is 4.90 Å². The second kappa shape index (κ2) is 7.31. The summed E-state index contributed by atoms with van der Waals surface area (Å²) < 4.78 is 0. The Labute approximate surface area is 117 Å². The Kier molecular flexibility index (Phi) is 5.42. The van der Waals surface area contributed by atoms with Crippen LogP contribution in [0, 0.1) is 11.3 Å². The van der Waals surface area contributed by atoms with Gasteiger partial charge in [0.15, 0.2) is 0 Å². The van der Waals surface area contributed by atoms with Crippen LogP contribution < -0.4 is 0 Å². The Balaban J connectivity index is 1.96. The summed E-state index contributed by atoms with van der Waals surface area (Å²) in [5, 5.41) is 9.47. The average molecular weight is 256 g/mol.